The highest BCUT2D eigenvalue weighted by molar-refractivity contribution is 5.74. The molecule has 0 spiro atoms. The Morgan fingerprint density at radius 2 is 1.76 bits per heavy atom. The highest BCUT2D eigenvalue weighted by Gasteiger charge is 2.13. The van der Waals surface area contributed by atoms with Crippen molar-refractivity contribution in [1.29, 1.82) is 0 Å². The van der Waals surface area contributed by atoms with Gasteiger partial charge in [-0.25, -0.2) is 9.59 Å². The summed E-state index contributed by atoms with van der Waals surface area (Å²) in [6.45, 7) is 6.90. The van der Waals surface area contributed by atoms with Crippen LogP contribution in [0.25, 0.3) is 0 Å². The van der Waals surface area contributed by atoms with Gasteiger partial charge >= 0.3 is 12.0 Å². The summed E-state index contributed by atoms with van der Waals surface area (Å²) in [5, 5.41) is 22.5. The number of hydrogen-bond donors (Lipinski definition) is 4. The molecule has 2 amide bonds. The van der Waals surface area contributed by atoms with Crippen LogP contribution >= 0.6 is 0 Å². The number of aliphatic carboxylic acids is 1. The van der Waals surface area contributed by atoms with Crippen LogP contribution in [0.1, 0.15) is 27.2 Å². The van der Waals surface area contributed by atoms with Gasteiger partial charge < -0.3 is 20.8 Å². The molecule has 0 bridgehead atoms. The van der Waals surface area contributed by atoms with Crippen molar-refractivity contribution < 1.29 is 19.8 Å². The van der Waals surface area contributed by atoms with Crippen molar-refractivity contribution in [3.05, 3.63) is 0 Å². The molecule has 6 nitrogen and oxygen atoms in total. The maximum absolute atomic E-state index is 11.3. The summed E-state index contributed by atoms with van der Waals surface area (Å²) >= 11 is 0. The fraction of sp³-hybridized carbons (Fsp3) is 0.818. The summed E-state index contributed by atoms with van der Waals surface area (Å²) in [5.41, 5.74) is 0. The van der Waals surface area contributed by atoms with Gasteiger partial charge in [0.1, 0.15) is 0 Å². The van der Waals surface area contributed by atoms with Crippen molar-refractivity contribution in [2.75, 3.05) is 13.1 Å². The third-order valence-electron chi connectivity index (χ3n) is 2.71. The predicted molar refractivity (Wildman–Crippen MR) is 63.7 cm³/mol. The Morgan fingerprint density at radius 3 is 2.24 bits per heavy atom. The van der Waals surface area contributed by atoms with Crippen LogP contribution < -0.4 is 10.6 Å². The number of carboxylic acids is 1. The normalized spacial score (nSPS) is 14.2. The summed E-state index contributed by atoms with van der Waals surface area (Å²) in [6.07, 6.45) is -1.42. The molecule has 0 aromatic carbocycles. The van der Waals surface area contributed by atoms with Crippen molar-refractivity contribution in [3.8, 4) is 0 Å². The fourth-order valence-electron chi connectivity index (χ4n) is 0.998. The van der Waals surface area contributed by atoms with E-state index >= 15 is 0 Å². The zero-order chi connectivity index (χ0) is 13.4. The Morgan fingerprint density at radius 1 is 1.18 bits per heavy atom. The average molecular weight is 246 g/mol. The Balaban J connectivity index is 3.64. The first kappa shape index (κ1) is 15.7. The maximum Gasteiger partial charge on any atom is 0.332 e. The number of aliphatic hydroxyl groups excluding tert-OH is 1. The number of aliphatic hydroxyl groups is 1. The van der Waals surface area contributed by atoms with Crippen molar-refractivity contribution in [2.45, 2.75) is 33.3 Å². The lowest BCUT2D eigenvalue weighted by molar-refractivity contribution is -0.146. The molecule has 0 saturated carbocycles. The van der Waals surface area contributed by atoms with Crippen LogP contribution in [0.15, 0.2) is 0 Å². The van der Waals surface area contributed by atoms with E-state index in [2.05, 4.69) is 24.5 Å². The molecule has 0 aromatic heterocycles. The molecule has 0 rings (SSSR count). The van der Waals surface area contributed by atoms with E-state index in [4.69, 9.17) is 10.2 Å². The van der Waals surface area contributed by atoms with E-state index in [1.807, 2.05) is 6.92 Å². The first-order chi connectivity index (χ1) is 7.84. The number of hydrogen-bond acceptors (Lipinski definition) is 3. The first-order valence-electron chi connectivity index (χ1n) is 5.77. The predicted octanol–water partition coefficient (Wildman–Crippen LogP) is 0.413. The third kappa shape index (κ3) is 7.57. The van der Waals surface area contributed by atoms with Crippen LogP contribution in [0.4, 0.5) is 4.79 Å². The lowest BCUT2D eigenvalue weighted by atomic mass is 9.98. The van der Waals surface area contributed by atoms with Crippen LogP contribution in [0.5, 0.6) is 0 Å². The number of nitrogens with one attached hydrogen (secondary N) is 2. The number of carboxylic acid groups (broad SMARTS) is 1. The van der Waals surface area contributed by atoms with E-state index in [0.717, 1.165) is 0 Å². The van der Waals surface area contributed by atoms with Crippen molar-refractivity contribution in [1.82, 2.24) is 10.6 Å². The second-order valence-electron chi connectivity index (χ2n) is 4.50. The van der Waals surface area contributed by atoms with Crippen molar-refractivity contribution in [2.24, 2.45) is 11.8 Å². The van der Waals surface area contributed by atoms with E-state index in [1.165, 1.54) is 0 Å². The van der Waals surface area contributed by atoms with E-state index in [1.54, 1.807) is 0 Å². The lowest BCUT2D eigenvalue weighted by Gasteiger charge is -2.16. The second kappa shape index (κ2) is 7.89. The fourth-order valence-corrected chi connectivity index (χ4v) is 0.998. The SMILES string of the molecule is CC(C)C(C)CNC(=O)NCC[C@H](O)C(=O)O. The number of carbonyl (C=O) groups is 2. The van der Waals surface area contributed by atoms with Crippen molar-refractivity contribution in [3.63, 3.8) is 0 Å². The number of urea groups is 1. The van der Waals surface area contributed by atoms with Gasteiger partial charge in [-0.1, -0.05) is 20.8 Å². The number of rotatable bonds is 7. The van der Waals surface area contributed by atoms with Crippen LogP contribution in [0, 0.1) is 11.8 Å². The summed E-state index contributed by atoms with van der Waals surface area (Å²) in [7, 11) is 0. The molecule has 1 unspecified atom stereocenters. The Hall–Kier alpha value is -1.30. The Bertz CT molecular complexity index is 256. The number of amides is 2. The van der Waals surface area contributed by atoms with Crippen LogP contribution in [-0.2, 0) is 4.79 Å². The quantitative estimate of drug-likeness (QED) is 0.523. The highest BCUT2D eigenvalue weighted by atomic mass is 16.4. The average Bonchev–Trinajstić information content (AvgIpc) is 2.25. The van der Waals surface area contributed by atoms with Gasteiger partial charge in [0, 0.05) is 19.5 Å². The molecule has 4 N–H and O–H groups in total. The highest BCUT2D eigenvalue weighted by Crippen LogP contribution is 2.07. The second-order valence-corrected chi connectivity index (χ2v) is 4.50. The molecule has 0 heterocycles. The van der Waals surface area contributed by atoms with E-state index < -0.39 is 12.1 Å². The smallest absolute Gasteiger partial charge is 0.332 e. The van der Waals surface area contributed by atoms with Gasteiger partial charge in [-0.15, -0.1) is 0 Å². The first-order valence-corrected chi connectivity index (χ1v) is 5.77. The molecule has 0 aliphatic heterocycles. The molecule has 0 aromatic rings. The summed E-state index contributed by atoms with van der Waals surface area (Å²) in [6, 6.07) is -0.338. The summed E-state index contributed by atoms with van der Waals surface area (Å²) in [5.74, 6) is -0.407. The molecule has 0 aliphatic carbocycles. The van der Waals surface area contributed by atoms with Crippen molar-refractivity contribution >= 4 is 12.0 Å². The Labute approximate surface area is 101 Å². The summed E-state index contributed by atoms with van der Waals surface area (Å²) < 4.78 is 0. The summed E-state index contributed by atoms with van der Waals surface area (Å²) in [4.78, 5) is 21.6. The van der Waals surface area contributed by atoms with Crippen LogP contribution in [-0.4, -0.2) is 41.4 Å². The minimum Gasteiger partial charge on any atom is -0.479 e. The molecule has 0 radical (unpaired) electrons. The Kier molecular flexibility index (Phi) is 7.29. The van der Waals surface area contributed by atoms with Crippen LogP contribution in [0.2, 0.25) is 0 Å². The standard InChI is InChI=1S/C11H22N2O4/c1-7(2)8(3)6-13-11(17)12-5-4-9(14)10(15)16/h7-9,14H,4-6H2,1-3H3,(H,15,16)(H2,12,13,17)/t8?,9-/m0/s1. The van der Waals surface area contributed by atoms with Gasteiger partial charge in [0.05, 0.1) is 0 Å². The molecule has 0 saturated heterocycles. The maximum atomic E-state index is 11.3. The minimum absolute atomic E-state index is 0.00247. The number of carbonyl (C=O) groups excluding carboxylic acids is 1. The molecular formula is C11H22N2O4. The van der Waals surface area contributed by atoms with Crippen LogP contribution in [0.3, 0.4) is 0 Å². The van der Waals surface area contributed by atoms with Gasteiger partial charge in [0.25, 0.3) is 0 Å². The molecule has 17 heavy (non-hydrogen) atoms. The third-order valence-corrected chi connectivity index (χ3v) is 2.71. The lowest BCUT2D eigenvalue weighted by Crippen LogP contribution is -2.40. The van der Waals surface area contributed by atoms with Gasteiger partial charge in [-0.3, -0.25) is 0 Å². The van der Waals surface area contributed by atoms with E-state index in [9.17, 15) is 9.59 Å². The molecule has 2 atom stereocenters. The molecule has 6 heteroatoms. The molecule has 100 valence electrons. The van der Waals surface area contributed by atoms with Gasteiger partial charge in [-0.2, -0.15) is 0 Å². The molecule has 0 aliphatic rings. The zero-order valence-corrected chi connectivity index (χ0v) is 10.6. The minimum atomic E-state index is -1.43. The van der Waals surface area contributed by atoms with E-state index in [0.29, 0.717) is 18.4 Å². The molecular weight excluding hydrogens is 224 g/mol. The monoisotopic (exact) mass is 246 g/mol. The van der Waals surface area contributed by atoms with E-state index in [-0.39, 0.29) is 19.0 Å². The van der Waals surface area contributed by atoms with Gasteiger partial charge in [0.15, 0.2) is 6.10 Å². The zero-order valence-electron chi connectivity index (χ0n) is 10.6. The van der Waals surface area contributed by atoms with Gasteiger partial charge in [0.2, 0.25) is 0 Å². The molecule has 0 fully saturated rings. The largest absolute Gasteiger partial charge is 0.479 e. The topological polar surface area (TPSA) is 98.7 Å². The van der Waals surface area contributed by atoms with Gasteiger partial charge in [-0.05, 0) is 11.8 Å².